The number of halogens is 1. The molecule has 0 fully saturated rings. The summed E-state index contributed by atoms with van der Waals surface area (Å²) < 4.78 is 13.4. The fourth-order valence-corrected chi connectivity index (χ4v) is 3.22. The summed E-state index contributed by atoms with van der Waals surface area (Å²) in [7, 11) is 0. The van der Waals surface area contributed by atoms with Crippen LogP contribution >= 0.6 is 12.4 Å². The third-order valence-corrected chi connectivity index (χ3v) is 4.55. The van der Waals surface area contributed by atoms with E-state index < -0.39 is 6.29 Å². The van der Waals surface area contributed by atoms with Gasteiger partial charge in [-0.2, -0.15) is 5.10 Å². The third-order valence-electron chi connectivity index (χ3n) is 4.55. The Balaban J connectivity index is 0.00000280. The zero-order valence-electron chi connectivity index (χ0n) is 16.6. The maximum atomic E-state index is 11.0. The highest BCUT2D eigenvalue weighted by atomic mass is 35.5. The molecule has 0 spiro atoms. The van der Waals surface area contributed by atoms with E-state index in [9.17, 15) is 5.11 Å². The smallest absolute Gasteiger partial charge is 0.201 e. The minimum Gasteiger partial charge on any atom is -0.507 e. The second-order valence-corrected chi connectivity index (χ2v) is 6.25. The van der Waals surface area contributed by atoms with Gasteiger partial charge in [-0.15, -0.1) is 12.4 Å². The summed E-state index contributed by atoms with van der Waals surface area (Å²) in [6, 6.07) is 10.2. The van der Waals surface area contributed by atoms with Crippen LogP contribution in [0.2, 0.25) is 0 Å². The first-order chi connectivity index (χ1) is 13.2. The van der Waals surface area contributed by atoms with Crippen molar-refractivity contribution in [2.24, 2.45) is 0 Å². The highest BCUT2D eigenvalue weighted by Gasteiger charge is 2.24. The number of ether oxygens (including phenoxy) is 2. The maximum Gasteiger partial charge on any atom is 0.201 e. The summed E-state index contributed by atoms with van der Waals surface area (Å²) in [6.45, 7) is 7.50. The zero-order valence-corrected chi connectivity index (χ0v) is 17.4. The van der Waals surface area contributed by atoms with E-state index in [0.717, 1.165) is 12.0 Å². The molecule has 0 aliphatic heterocycles. The van der Waals surface area contributed by atoms with Gasteiger partial charge in [-0.3, -0.25) is 0 Å². The number of hydrogen-bond donors (Lipinski definition) is 1. The summed E-state index contributed by atoms with van der Waals surface area (Å²) in [4.78, 5) is 4.81. The van der Waals surface area contributed by atoms with Crippen LogP contribution in [-0.2, 0) is 28.9 Å². The molecular formula is C21H28ClN3O3. The number of fused-ring (bicyclic) bond motifs is 1. The van der Waals surface area contributed by atoms with Crippen LogP contribution in [0.25, 0.3) is 11.0 Å². The molecule has 0 radical (unpaired) electrons. The lowest BCUT2D eigenvalue weighted by Gasteiger charge is -2.21. The number of aromatic hydroxyl groups is 1. The van der Waals surface area contributed by atoms with E-state index in [0.29, 0.717) is 42.9 Å². The molecule has 0 aliphatic rings. The van der Waals surface area contributed by atoms with Gasteiger partial charge in [-0.25, -0.2) is 9.67 Å². The van der Waals surface area contributed by atoms with E-state index in [1.807, 2.05) is 39.0 Å². The highest BCUT2D eigenvalue weighted by Crippen LogP contribution is 2.35. The summed E-state index contributed by atoms with van der Waals surface area (Å²) >= 11 is 0. The van der Waals surface area contributed by atoms with Crippen LogP contribution in [0.3, 0.4) is 0 Å². The van der Waals surface area contributed by atoms with E-state index in [1.54, 1.807) is 10.9 Å². The van der Waals surface area contributed by atoms with Gasteiger partial charge in [0.15, 0.2) is 5.65 Å². The Morgan fingerprint density at radius 1 is 1.04 bits per heavy atom. The van der Waals surface area contributed by atoms with Crippen molar-refractivity contribution in [3.05, 3.63) is 53.3 Å². The van der Waals surface area contributed by atoms with Crippen LogP contribution in [-0.4, -0.2) is 33.1 Å². The van der Waals surface area contributed by atoms with Crippen molar-refractivity contribution in [1.29, 1.82) is 0 Å². The predicted molar refractivity (Wildman–Crippen MR) is 112 cm³/mol. The number of hydrogen-bond acceptors (Lipinski definition) is 5. The standard InChI is InChI=1S/C21H27N3O3.ClH/c1-4-24-20-17(14-22-24)19(25)16(13-12-15-10-8-7-9-11-15)18(23-20)21(26-5-2)27-6-3;/h7-11,14,21H,4-6,12-13H2,1-3H3,(H,23,25);1H. The first-order valence-electron chi connectivity index (χ1n) is 9.53. The Labute approximate surface area is 171 Å². The van der Waals surface area contributed by atoms with Crippen molar-refractivity contribution < 1.29 is 14.6 Å². The maximum absolute atomic E-state index is 11.0. The van der Waals surface area contributed by atoms with Gasteiger partial charge in [0.1, 0.15) is 11.4 Å². The molecule has 1 N–H and O–H groups in total. The van der Waals surface area contributed by atoms with E-state index >= 15 is 0 Å². The molecule has 2 heterocycles. The molecule has 7 heteroatoms. The Kier molecular flexibility index (Phi) is 8.23. The average Bonchev–Trinajstić information content (AvgIpc) is 3.11. The van der Waals surface area contributed by atoms with Crippen LogP contribution in [0.5, 0.6) is 5.75 Å². The lowest BCUT2D eigenvalue weighted by molar-refractivity contribution is -0.143. The fraction of sp³-hybridized carbons (Fsp3) is 0.429. The van der Waals surface area contributed by atoms with Gasteiger partial charge >= 0.3 is 0 Å². The Bertz CT molecular complexity index is 877. The van der Waals surface area contributed by atoms with E-state index in [2.05, 4.69) is 17.2 Å². The molecule has 0 atom stereocenters. The Morgan fingerprint density at radius 3 is 2.32 bits per heavy atom. The lowest BCUT2D eigenvalue weighted by Crippen LogP contribution is -2.15. The number of rotatable bonds is 9. The van der Waals surface area contributed by atoms with Crippen molar-refractivity contribution in [2.45, 2.75) is 46.4 Å². The molecule has 0 aliphatic carbocycles. The quantitative estimate of drug-likeness (QED) is 0.533. The van der Waals surface area contributed by atoms with Crippen LogP contribution in [0.4, 0.5) is 0 Å². The van der Waals surface area contributed by atoms with Gasteiger partial charge in [0.25, 0.3) is 0 Å². The molecule has 0 saturated carbocycles. The summed E-state index contributed by atoms with van der Waals surface area (Å²) in [5.74, 6) is 0.218. The number of benzene rings is 1. The molecule has 0 bridgehead atoms. The molecule has 3 aromatic rings. The van der Waals surface area contributed by atoms with Crippen molar-refractivity contribution in [3.63, 3.8) is 0 Å². The van der Waals surface area contributed by atoms with Crippen LogP contribution in [0.1, 0.15) is 43.9 Å². The van der Waals surface area contributed by atoms with Crippen molar-refractivity contribution >= 4 is 23.4 Å². The second kappa shape index (κ2) is 10.4. The Hall–Kier alpha value is -2.15. The van der Waals surface area contributed by atoms with Gasteiger partial charge < -0.3 is 14.6 Å². The van der Waals surface area contributed by atoms with Gasteiger partial charge in [-0.05, 0) is 39.2 Å². The predicted octanol–water partition coefficient (Wildman–Crippen LogP) is 4.44. The van der Waals surface area contributed by atoms with Crippen LogP contribution in [0.15, 0.2) is 36.5 Å². The van der Waals surface area contributed by atoms with Crippen molar-refractivity contribution in [2.75, 3.05) is 13.2 Å². The van der Waals surface area contributed by atoms with Crippen molar-refractivity contribution in [1.82, 2.24) is 14.8 Å². The number of pyridine rings is 1. The molecule has 0 amide bonds. The lowest BCUT2D eigenvalue weighted by atomic mass is 10.0. The topological polar surface area (TPSA) is 69.4 Å². The average molecular weight is 406 g/mol. The van der Waals surface area contributed by atoms with E-state index in [-0.39, 0.29) is 18.2 Å². The second-order valence-electron chi connectivity index (χ2n) is 6.25. The molecule has 0 unspecified atom stereocenters. The number of nitrogens with zero attached hydrogens (tertiary/aromatic N) is 3. The highest BCUT2D eigenvalue weighted by molar-refractivity contribution is 5.85. The largest absolute Gasteiger partial charge is 0.507 e. The Morgan fingerprint density at radius 2 is 1.71 bits per heavy atom. The minimum atomic E-state index is -0.610. The third kappa shape index (κ3) is 4.63. The summed E-state index contributed by atoms with van der Waals surface area (Å²) in [6.07, 6.45) is 2.50. The van der Waals surface area contributed by atoms with E-state index in [4.69, 9.17) is 14.5 Å². The van der Waals surface area contributed by atoms with Crippen molar-refractivity contribution in [3.8, 4) is 5.75 Å². The summed E-state index contributed by atoms with van der Waals surface area (Å²) in [5.41, 5.74) is 3.25. The summed E-state index contributed by atoms with van der Waals surface area (Å²) in [5, 5.41) is 16.0. The first kappa shape index (κ1) is 22.1. The molecule has 2 aromatic heterocycles. The fourth-order valence-electron chi connectivity index (χ4n) is 3.22. The number of aromatic nitrogens is 3. The normalized spacial score (nSPS) is 11.1. The SMILES string of the molecule is CCOC(OCC)c1nc2c(cnn2CC)c(O)c1CCc1ccccc1.Cl. The number of aryl methyl sites for hydroxylation is 2. The molecule has 6 nitrogen and oxygen atoms in total. The van der Waals surface area contributed by atoms with Gasteiger partial charge in [-0.1, -0.05) is 30.3 Å². The van der Waals surface area contributed by atoms with Gasteiger partial charge in [0, 0.05) is 25.3 Å². The molecule has 152 valence electrons. The van der Waals surface area contributed by atoms with E-state index in [1.165, 1.54) is 5.56 Å². The monoisotopic (exact) mass is 405 g/mol. The minimum absolute atomic E-state index is 0. The van der Waals surface area contributed by atoms with Crippen LogP contribution in [0, 0.1) is 0 Å². The van der Waals surface area contributed by atoms with Gasteiger partial charge in [0.2, 0.25) is 6.29 Å². The molecule has 1 aromatic carbocycles. The molecular weight excluding hydrogens is 378 g/mol. The zero-order chi connectivity index (χ0) is 19.2. The first-order valence-corrected chi connectivity index (χ1v) is 9.53. The van der Waals surface area contributed by atoms with Crippen LogP contribution < -0.4 is 0 Å². The molecule has 3 rings (SSSR count). The molecule has 0 saturated heterocycles. The van der Waals surface area contributed by atoms with Gasteiger partial charge in [0.05, 0.1) is 11.6 Å². The molecule has 28 heavy (non-hydrogen) atoms.